The number of carbonyl (C=O) groups is 1. The van der Waals surface area contributed by atoms with Crippen LogP contribution in [-0.4, -0.2) is 32.6 Å². The number of para-hydroxylation sites is 1. The van der Waals surface area contributed by atoms with Crippen molar-refractivity contribution < 1.29 is 9.53 Å². The number of hydrogen-bond acceptors (Lipinski definition) is 5. The van der Waals surface area contributed by atoms with E-state index in [1.54, 1.807) is 16.9 Å². The highest BCUT2D eigenvalue weighted by Crippen LogP contribution is 2.15. The van der Waals surface area contributed by atoms with Crippen LogP contribution in [0.2, 0.25) is 0 Å². The maximum Gasteiger partial charge on any atom is 0.230 e. The molecule has 2 aromatic heterocycles. The molecule has 1 aromatic carbocycles. The van der Waals surface area contributed by atoms with Crippen molar-refractivity contribution in [2.75, 3.05) is 7.11 Å². The average molecular weight is 280 g/mol. The van der Waals surface area contributed by atoms with Crippen molar-refractivity contribution >= 4 is 5.78 Å². The first-order valence-corrected chi connectivity index (χ1v) is 6.30. The highest BCUT2D eigenvalue weighted by Gasteiger charge is 2.17. The average Bonchev–Trinajstić information content (AvgIpc) is 3.04. The highest BCUT2D eigenvalue weighted by molar-refractivity contribution is 6.06. The zero-order valence-corrected chi connectivity index (χ0v) is 11.3. The Morgan fingerprint density at radius 1 is 1.14 bits per heavy atom. The maximum atomic E-state index is 12.6. The summed E-state index contributed by atoms with van der Waals surface area (Å²) in [7, 11) is 1.49. The summed E-state index contributed by atoms with van der Waals surface area (Å²) in [6.07, 6.45) is 2.88. The van der Waals surface area contributed by atoms with Crippen molar-refractivity contribution in [3.05, 3.63) is 66.4 Å². The molecule has 0 fully saturated rings. The second-order valence-electron chi connectivity index (χ2n) is 4.24. The number of methoxy groups -OCH3 is 1. The first kappa shape index (κ1) is 13.0. The summed E-state index contributed by atoms with van der Waals surface area (Å²) in [5.74, 6) is 0.108. The van der Waals surface area contributed by atoms with E-state index < -0.39 is 0 Å². The van der Waals surface area contributed by atoms with Gasteiger partial charge >= 0.3 is 0 Å². The molecular weight excluding hydrogens is 268 g/mol. The molecule has 104 valence electrons. The van der Waals surface area contributed by atoms with Crippen molar-refractivity contribution in [1.82, 2.24) is 19.7 Å². The molecule has 3 aromatic rings. The standard InChI is InChI=1S/C15H12N4O2/c1-21-14-9-12(16-10-17-14)15(20)13-7-8-18-19(13)11-5-3-2-4-6-11/h2-10H,1H3. The molecule has 0 aliphatic rings. The lowest BCUT2D eigenvalue weighted by molar-refractivity contribution is 0.102. The molecule has 0 N–H and O–H groups in total. The van der Waals surface area contributed by atoms with Crippen molar-refractivity contribution in [2.24, 2.45) is 0 Å². The Hall–Kier alpha value is -3.02. The fourth-order valence-electron chi connectivity index (χ4n) is 1.96. The van der Waals surface area contributed by atoms with Crippen molar-refractivity contribution in [3.8, 4) is 11.6 Å². The van der Waals surface area contributed by atoms with Crippen LogP contribution in [0, 0.1) is 0 Å². The Labute approximate surface area is 121 Å². The molecular formula is C15H12N4O2. The zero-order chi connectivity index (χ0) is 14.7. The third-order valence-electron chi connectivity index (χ3n) is 2.96. The quantitative estimate of drug-likeness (QED) is 0.683. The normalized spacial score (nSPS) is 10.3. The minimum atomic E-state index is -0.239. The summed E-state index contributed by atoms with van der Waals surface area (Å²) in [6, 6.07) is 12.6. The van der Waals surface area contributed by atoms with Crippen LogP contribution < -0.4 is 4.74 Å². The van der Waals surface area contributed by atoms with Gasteiger partial charge in [0.2, 0.25) is 11.7 Å². The van der Waals surface area contributed by atoms with E-state index >= 15 is 0 Å². The van der Waals surface area contributed by atoms with E-state index in [9.17, 15) is 4.79 Å². The lowest BCUT2D eigenvalue weighted by Gasteiger charge is -2.06. The molecule has 21 heavy (non-hydrogen) atoms. The Morgan fingerprint density at radius 2 is 1.95 bits per heavy atom. The lowest BCUT2D eigenvalue weighted by atomic mass is 10.2. The van der Waals surface area contributed by atoms with Crippen molar-refractivity contribution in [2.45, 2.75) is 0 Å². The van der Waals surface area contributed by atoms with Gasteiger partial charge in [0.15, 0.2) is 0 Å². The van der Waals surface area contributed by atoms with Crippen LogP contribution in [0.1, 0.15) is 16.2 Å². The molecule has 0 aliphatic heterocycles. The van der Waals surface area contributed by atoms with Gasteiger partial charge in [0, 0.05) is 6.07 Å². The van der Waals surface area contributed by atoms with Crippen LogP contribution in [-0.2, 0) is 0 Å². The molecule has 0 spiro atoms. The first-order chi connectivity index (χ1) is 10.3. The van der Waals surface area contributed by atoms with Gasteiger partial charge in [-0.05, 0) is 18.2 Å². The summed E-state index contributed by atoms with van der Waals surface area (Å²) >= 11 is 0. The number of ether oxygens (including phenoxy) is 1. The third-order valence-corrected chi connectivity index (χ3v) is 2.96. The summed E-state index contributed by atoms with van der Waals surface area (Å²) in [5, 5.41) is 4.20. The molecule has 0 amide bonds. The molecule has 6 heteroatoms. The SMILES string of the molecule is COc1cc(C(=O)c2ccnn2-c2ccccc2)ncn1. The number of benzene rings is 1. The number of aromatic nitrogens is 4. The van der Waals surface area contributed by atoms with E-state index in [2.05, 4.69) is 15.1 Å². The van der Waals surface area contributed by atoms with Gasteiger partial charge in [0.25, 0.3) is 0 Å². The van der Waals surface area contributed by atoms with Crippen LogP contribution in [0.4, 0.5) is 0 Å². The van der Waals surface area contributed by atoms with Gasteiger partial charge in [0.05, 0.1) is 19.0 Å². The van der Waals surface area contributed by atoms with Crippen molar-refractivity contribution in [1.29, 1.82) is 0 Å². The molecule has 3 rings (SSSR count). The highest BCUT2D eigenvalue weighted by atomic mass is 16.5. The first-order valence-electron chi connectivity index (χ1n) is 6.30. The predicted octanol–water partition coefficient (Wildman–Crippen LogP) is 1.90. The molecule has 0 atom stereocenters. The van der Waals surface area contributed by atoms with E-state index in [-0.39, 0.29) is 11.5 Å². The van der Waals surface area contributed by atoms with Crippen LogP contribution in [0.15, 0.2) is 55.0 Å². The van der Waals surface area contributed by atoms with E-state index in [0.29, 0.717) is 11.6 Å². The second-order valence-corrected chi connectivity index (χ2v) is 4.24. The molecule has 0 saturated heterocycles. The van der Waals surface area contributed by atoms with Gasteiger partial charge in [-0.15, -0.1) is 0 Å². The smallest absolute Gasteiger partial charge is 0.230 e. The van der Waals surface area contributed by atoms with Crippen LogP contribution >= 0.6 is 0 Å². The van der Waals surface area contributed by atoms with E-state index in [4.69, 9.17) is 4.74 Å². The van der Waals surface area contributed by atoms with Crippen LogP contribution in [0.3, 0.4) is 0 Å². The lowest BCUT2D eigenvalue weighted by Crippen LogP contribution is -2.11. The minimum absolute atomic E-state index is 0.239. The number of carbonyl (C=O) groups excluding carboxylic acids is 1. The topological polar surface area (TPSA) is 69.9 Å². The summed E-state index contributed by atoms with van der Waals surface area (Å²) in [5.41, 5.74) is 1.51. The number of rotatable bonds is 4. The molecule has 0 aliphatic carbocycles. The second kappa shape index (κ2) is 5.54. The van der Waals surface area contributed by atoms with Gasteiger partial charge in [0.1, 0.15) is 17.7 Å². The third kappa shape index (κ3) is 2.51. The Morgan fingerprint density at radius 3 is 2.71 bits per heavy atom. The van der Waals surface area contributed by atoms with E-state index in [0.717, 1.165) is 5.69 Å². The van der Waals surface area contributed by atoms with Crippen LogP contribution in [0.25, 0.3) is 5.69 Å². The van der Waals surface area contributed by atoms with Crippen molar-refractivity contribution in [3.63, 3.8) is 0 Å². The number of nitrogens with zero attached hydrogens (tertiary/aromatic N) is 4. The molecule has 0 saturated carbocycles. The predicted molar refractivity (Wildman–Crippen MR) is 75.6 cm³/mol. The Balaban J connectivity index is 2.01. The summed E-state index contributed by atoms with van der Waals surface area (Å²) in [4.78, 5) is 20.5. The number of hydrogen-bond donors (Lipinski definition) is 0. The minimum Gasteiger partial charge on any atom is -0.481 e. The maximum absolute atomic E-state index is 12.6. The fraction of sp³-hybridized carbons (Fsp3) is 0.0667. The van der Waals surface area contributed by atoms with Gasteiger partial charge in [-0.1, -0.05) is 18.2 Å². The molecule has 0 bridgehead atoms. The van der Waals surface area contributed by atoms with Gasteiger partial charge in [-0.3, -0.25) is 4.79 Å². The molecule has 0 unspecified atom stereocenters. The van der Waals surface area contributed by atoms with Crippen LogP contribution in [0.5, 0.6) is 5.88 Å². The fourth-order valence-corrected chi connectivity index (χ4v) is 1.96. The monoisotopic (exact) mass is 280 g/mol. The van der Waals surface area contributed by atoms with Gasteiger partial charge in [-0.25, -0.2) is 14.6 Å². The van der Waals surface area contributed by atoms with E-state index in [1.165, 1.54) is 19.5 Å². The molecule has 0 radical (unpaired) electrons. The van der Waals surface area contributed by atoms with Gasteiger partial charge < -0.3 is 4.74 Å². The Kier molecular flexibility index (Phi) is 3.42. The zero-order valence-electron chi connectivity index (χ0n) is 11.3. The summed E-state index contributed by atoms with van der Waals surface area (Å²) in [6.45, 7) is 0. The summed E-state index contributed by atoms with van der Waals surface area (Å²) < 4.78 is 6.59. The van der Waals surface area contributed by atoms with E-state index in [1.807, 2.05) is 30.3 Å². The Bertz CT molecular complexity index is 768. The largest absolute Gasteiger partial charge is 0.481 e. The van der Waals surface area contributed by atoms with Gasteiger partial charge in [-0.2, -0.15) is 5.10 Å². The molecule has 6 nitrogen and oxygen atoms in total. The number of ketones is 1. The molecule has 2 heterocycles.